The van der Waals surface area contributed by atoms with Crippen LogP contribution >= 0.6 is 27.5 Å². The first-order valence-corrected chi connectivity index (χ1v) is 11.8. The smallest absolute Gasteiger partial charge is 0.347 e. The standard InChI is InChI=1S/C23H22BrClN4O6/c1-5-34-23(31)13(4)35-20-17(25)8-14(9-19(20)29(32)33)11-26-28-21(12(2)3)27-18-7-6-15(24)10-16(18)22(28)30/h6-13H,5H2,1-4H3/t13-/m0/s1. The van der Waals surface area contributed by atoms with E-state index in [0.717, 1.165) is 4.68 Å². The summed E-state index contributed by atoms with van der Waals surface area (Å²) in [6, 6.07) is 7.75. The Hall–Kier alpha value is -3.31. The van der Waals surface area contributed by atoms with Gasteiger partial charge in [0.15, 0.2) is 6.10 Å². The summed E-state index contributed by atoms with van der Waals surface area (Å²) in [5.41, 5.74) is -0.0785. The summed E-state index contributed by atoms with van der Waals surface area (Å²) < 4.78 is 12.2. The molecule has 0 amide bonds. The topological polar surface area (TPSA) is 126 Å². The van der Waals surface area contributed by atoms with Crippen LogP contribution in [0.1, 0.15) is 45.0 Å². The summed E-state index contributed by atoms with van der Waals surface area (Å²) in [6.07, 6.45) is 0.164. The second kappa shape index (κ2) is 11.0. The Balaban J connectivity index is 2.07. The quantitative estimate of drug-likeness (QED) is 0.162. The van der Waals surface area contributed by atoms with Crippen LogP contribution in [-0.4, -0.2) is 39.5 Å². The van der Waals surface area contributed by atoms with Crippen LogP contribution < -0.4 is 10.3 Å². The summed E-state index contributed by atoms with van der Waals surface area (Å²) in [4.78, 5) is 40.6. The van der Waals surface area contributed by atoms with Gasteiger partial charge in [-0.15, -0.1) is 0 Å². The predicted molar refractivity (Wildman–Crippen MR) is 136 cm³/mol. The molecule has 3 aromatic rings. The number of halogens is 2. The van der Waals surface area contributed by atoms with Crippen molar-refractivity contribution in [2.24, 2.45) is 5.10 Å². The van der Waals surface area contributed by atoms with Crippen molar-refractivity contribution in [1.29, 1.82) is 0 Å². The Morgan fingerprint density at radius 2 is 2.03 bits per heavy atom. The average molecular weight is 566 g/mol. The molecule has 0 saturated carbocycles. The number of hydrogen-bond acceptors (Lipinski definition) is 8. The lowest BCUT2D eigenvalue weighted by molar-refractivity contribution is -0.386. The molecular weight excluding hydrogens is 544 g/mol. The van der Waals surface area contributed by atoms with E-state index in [0.29, 0.717) is 21.2 Å². The van der Waals surface area contributed by atoms with Crippen molar-refractivity contribution in [3.63, 3.8) is 0 Å². The second-order valence-corrected chi connectivity index (χ2v) is 9.09. The third-order valence-electron chi connectivity index (χ3n) is 4.83. The number of ether oxygens (including phenoxy) is 2. The second-order valence-electron chi connectivity index (χ2n) is 7.77. The van der Waals surface area contributed by atoms with Crippen LogP contribution in [0.25, 0.3) is 10.9 Å². The largest absolute Gasteiger partial charge is 0.471 e. The molecular formula is C23H22BrClN4O6. The zero-order valence-electron chi connectivity index (χ0n) is 19.3. The highest BCUT2D eigenvalue weighted by Gasteiger charge is 2.25. The molecule has 0 bridgehead atoms. The fourth-order valence-corrected chi connectivity index (χ4v) is 3.81. The monoisotopic (exact) mass is 564 g/mol. The maximum absolute atomic E-state index is 13.2. The maximum atomic E-state index is 13.2. The predicted octanol–water partition coefficient (Wildman–Crippen LogP) is 5.06. The number of fused-ring (bicyclic) bond motifs is 1. The number of nitro benzene ring substituents is 1. The number of benzene rings is 2. The lowest BCUT2D eigenvalue weighted by Crippen LogP contribution is -2.26. The number of aromatic nitrogens is 2. The zero-order chi connectivity index (χ0) is 25.9. The van der Waals surface area contributed by atoms with Crippen LogP contribution in [0.2, 0.25) is 5.02 Å². The molecule has 0 saturated heterocycles. The molecule has 1 atom stereocenters. The molecule has 184 valence electrons. The van der Waals surface area contributed by atoms with Crippen molar-refractivity contribution < 1.29 is 19.2 Å². The Bertz CT molecular complexity index is 1390. The first-order chi connectivity index (χ1) is 16.5. The highest BCUT2D eigenvalue weighted by atomic mass is 79.9. The van der Waals surface area contributed by atoms with Crippen molar-refractivity contribution in [2.75, 3.05) is 6.61 Å². The van der Waals surface area contributed by atoms with Crippen molar-refractivity contribution in [3.05, 3.63) is 71.7 Å². The minimum absolute atomic E-state index is 0.103. The van der Waals surface area contributed by atoms with Gasteiger partial charge < -0.3 is 9.47 Å². The molecule has 0 unspecified atom stereocenters. The van der Waals surface area contributed by atoms with E-state index in [1.807, 2.05) is 13.8 Å². The van der Waals surface area contributed by atoms with Crippen LogP contribution in [0.15, 0.2) is 44.7 Å². The highest BCUT2D eigenvalue weighted by molar-refractivity contribution is 9.10. The first kappa shape index (κ1) is 26.3. The van der Waals surface area contributed by atoms with Crippen molar-refractivity contribution in [3.8, 4) is 5.75 Å². The SMILES string of the molecule is CCOC(=O)[C@H](C)Oc1c(Cl)cc(C=Nn2c(C(C)C)nc3ccc(Br)cc3c2=O)cc1[N+](=O)[O-]. The van der Waals surface area contributed by atoms with Gasteiger partial charge in [0.1, 0.15) is 5.82 Å². The molecule has 0 aliphatic carbocycles. The van der Waals surface area contributed by atoms with Gasteiger partial charge in [0.25, 0.3) is 5.56 Å². The van der Waals surface area contributed by atoms with Crippen LogP contribution in [0.3, 0.4) is 0 Å². The number of carbonyl (C=O) groups is 1. The molecule has 0 fully saturated rings. The molecule has 10 nitrogen and oxygen atoms in total. The summed E-state index contributed by atoms with van der Waals surface area (Å²) in [7, 11) is 0. The van der Waals surface area contributed by atoms with Gasteiger partial charge in [-0.25, -0.2) is 9.78 Å². The number of rotatable bonds is 8. The van der Waals surface area contributed by atoms with E-state index in [4.69, 9.17) is 21.1 Å². The number of nitrogens with zero attached hydrogens (tertiary/aromatic N) is 4. The highest BCUT2D eigenvalue weighted by Crippen LogP contribution is 2.36. The van der Waals surface area contributed by atoms with E-state index < -0.39 is 22.7 Å². The summed E-state index contributed by atoms with van der Waals surface area (Å²) in [5, 5.41) is 16.2. The molecule has 2 aromatic carbocycles. The van der Waals surface area contributed by atoms with E-state index in [1.54, 1.807) is 25.1 Å². The Labute approximate surface area is 213 Å². The molecule has 3 rings (SSSR count). The van der Waals surface area contributed by atoms with Gasteiger partial charge in [-0.05, 0) is 38.1 Å². The van der Waals surface area contributed by atoms with Gasteiger partial charge in [0, 0.05) is 22.0 Å². The minimum atomic E-state index is -1.11. The first-order valence-electron chi connectivity index (χ1n) is 10.6. The van der Waals surface area contributed by atoms with Crippen LogP contribution in [0, 0.1) is 10.1 Å². The zero-order valence-corrected chi connectivity index (χ0v) is 21.7. The van der Waals surface area contributed by atoms with Crippen molar-refractivity contribution in [1.82, 2.24) is 9.66 Å². The number of esters is 1. The number of hydrogen-bond donors (Lipinski definition) is 0. The van der Waals surface area contributed by atoms with E-state index >= 15 is 0 Å². The van der Waals surface area contributed by atoms with Crippen LogP contribution in [0.4, 0.5) is 5.69 Å². The minimum Gasteiger partial charge on any atom is -0.471 e. The molecule has 0 aliphatic rings. The molecule has 0 radical (unpaired) electrons. The van der Waals surface area contributed by atoms with Crippen LogP contribution in [-0.2, 0) is 9.53 Å². The summed E-state index contributed by atoms with van der Waals surface area (Å²) in [6.45, 7) is 6.91. The van der Waals surface area contributed by atoms with E-state index in [9.17, 15) is 19.7 Å². The number of carbonyl (C=O) groups excluding carboxylic acids is 1. The maximum Gasteiger partial charge on any atom is 0.347 e. The van der Waals surface area contributed by atoms with E-state index in [-0.39, 0.29) is 34.4 Å². The molecule has 1 heterocycles. The van der Waals surface area contributed by atoms with Crippen molar-refractivity contribution in [2.45, 2.75) is 39.7 Å². The Morgan fingerprint density at radius 3 is 2.66 bits per heavy atom. The van der Waals surface area contributed by atoms with Gasteiger partial charge in [-0.2, -0.15) is 9.78 Å². The van der Waals surface area contributed by atoms with Crippen molar-refractivity contribution >= 4 is 56.3 Å². The summed E-state index contributed by atoms with van der Waals surface area (Å²) in [5.74, 6) is -0.665. The van der Waals surface area contributed by atoms with Gasteiger partial charge in [0.05, 0.1) is 33.7 Å². The van der Waals surface area contributed by atoms with Gasteiger partial charge >= 0.3 is 11.7 Å². The third kappa shape index (κ3) is 5.85. The lowest BCUT2D eigenvalue weighted by Gasteiger charge is -2.15. The third-order valence-corrected chi connectivity index (χ3v) is 5.60. The van der Waals surface area contributed by atoms with Gasteiger partial charge in [-0.3, -0.25) is 14.9 Å². The molecule has 0 spiro atoms. The fourth-order valence-electron chi connectivity index (χ4n) is 3.19. The average Bonchev–Trinajstić information content (AvgIpc) is 2.79. The molecule has 0 N–H and O–H groups in total. The van der Waals surface area contributed by atoms with E-state index in [2.05, 4.69) is 26.0 Å². The Kier molecular flexibility index (Phi) is 8.23. The fraction of sp³-hybridized carbons (Fsp3) is 0.304. The van der Waals surface area contributed by atoms with Gasteiger partial charge in [0.2, 0.25) is 5.75 Å². The summed E-state index contributed by atoms with van der Waals surface area (Å²) >= 11 is 9.62. The normalized spacial score (nSPS) is 12.3. The molecule has 35 heavy (non-hydrogen) atoms. The Morgan fingerprint density at radius 1 is 1.31 bits per heavy atom. The number of nitro groups is 1. The molecule has 0 aliphatic heterocycles. The molecule has 12 heteroatoms. The molecule has 1 aromatic heterocycles. The van der Waals surface area contributed by atoms with E-state index in [1.165, 1.54) is 25.3 Å². The van der Waals surface area contributed by atoms with Gasteiger partial charge in [-0.1, -0.05) is 41.4 Å². The lowest BCUT2D eigenvalue weighted by atomic mass is 10.2. The van der Waals surface area contributed by atoms with Crippen LogP contribution in [0.5, 0.6) is 5.75 Å².